The fourth-order valence-electron chi connectivity index (χ4n) is 1.69. The lowest BCUT2D eigenvalue weighted by Crippen LogP contribution is -2.17. The monoisotopic (exact) mass is 287 g/mol. The van der Waals surface area contributed by atoms with Gasteiger partial charge >= 0.3 is 0 Å². The van der Waals surface area contributed by atoms with Gasteiger partial charge in [-0.3, -0.25) is 4.79 Å². The third-order valence-corrected chi connectivity index (χ3v) is 2.97. The van der Waals surface area contributed by atoms with Crippen molar-refractivity contribution in [1.29, 1.82) is 0 Å². The molecule has 0 unspecified atom stereocenters. The molecule has 1 aromatic carbocycles. The predicted octanol–water partition coefficient (Wildman–Crippen LogP) is 3.43. The Morgan fingerprint density at radius 1 is 1.24 bits per heavy atom. The quantitative estimate of drug-likeness (QED) is 0.886. The topological polar surface area (TPSA) is 54.0 Å². The van der Waals surface area contributed by atoms with E-state index in [9.17, 15) is 9.18 Å². The lowest BCUT2D eigenvalue weighted by atomic mass is 10.2. The highest BCUT2D eigenvalue weighted by molar-refractivity contribution is 5.91. The molecule has 0 saturated carbocycles. The first-order valence-electron chi connectivity index (χ1n) is 6.80. The number of hydrogen-bond donors (Lipinski definition) is 2. The van der Waals surface area contributed by atoms with Crippen LogP contribution in [0.4, 0.5) is 15.9 Å². The van der Waals surface area contributed by atoms with E-state index >= 15 is 0 Å². The molecule has 2 aromatic rings. The average Bonchev–Trinajstić information content (AvgIpc) is 2.48. The third-order valence-electron chi connectivity index (χ3n) is 2.97. The molecule has 0 aliphatic rings. The van der Waals surface area contributed by atoms with Crippen molar-refractivity contribution in [3.05, 3.63) is 54.0 Å². The number of aromatic nitrogens is 1. The number of carbonyl (C=O) groups excluding carboxylic acids is 1. The van der Waals surface area contributed by atoms with Gasteiger partial charge in [-0.2, -0.15) is 0 Å². The van der Waals surface area contributed by atoms with E-state index in [1.54, 1.807) is 36.5 Å². The van der Waals surface area contributed by atoms with Crippen LogP contribution in [0.1, 0.15) is 19.4 Å². The summed E-state index contributed by atoms with van der Waals surface area (Å²) in [6.45, 7) is 4.01. The molecule has 0 aliphatic carbocycles. The molecule has 2 rings (SSSR count). The second kappa shape index (κ2) is 6.83. The standard InChI is InChI=1S/C16H18FN3O/c1-11(2)16(21)20-13-7-8-15(19-10-13)18-9-12-5-3-4-6-14(12)17/h3-8,10-11H,9H2,1-2H3,(H,18,19)(H,20,21). The first-order chi connectivity index (χ1) is 10.1. The summed E-state index contributed by atoms with van der Waals surface area (Å²) in [6.07, 6.45) is 1.57. The van der Waals surface area contributed by atoms with Crippen LogP contribution in [0.15, 0.2) is 42.6 Å². The highest BCUT2D eigenvalue weighted by Gasteiger charge is 2.07. The van der Waals surface area contributed by atoms with Crippen LogP contribution in [0.5, 0.6) is 0 Å². The molecule has 0 atom stereocenters. The van der Waals surface area contributed by atoms with Gasteiger partial charge in [0.05, 0.1) is 11.9 Å². The van der Waals surface area contributed by atoms with Crippen molar-refractivity contribution in [3.8, 4) is 0 Å². The first kappa shape index (κ1) is 15.0. The summed E-state index contributed by atoms with van der Waals surface area (Å²) in [5.41, 5.74) is 1.22. The van der Waals surface area contributed by atoms with Crippen molar-refractivity contribution >= 4 is 17.4 Å². The molecular formula is C16H18FN3O. The van der Waals surface area contributed by atoms with Crippen LogP contribution in [0.3, 0.4) is 0 Å². The summed E-state index contributed by atoms with van der Waals surface area (Å²) >= 11 is 0. The highest BCUT2D eigenvalue weighted by Crippen LogP contribution is 2.13. The zero-order valence-corrected chi connectivity index (χ0v) is 12.1. The number of hydrogen-bond acceptors (Lipinski definition) is 3. The molecule has 1 heterocycles. The van der Waals surface area contributed by atoms with Crippen molar-refractivity contribution in [3.63, 3.8) is 0 Å². The molecule has 21 heavy (non-hydrogen) atoms. The van der Waals surface area contributed by atoms with Gasteiger partial charge in [0.2, 0.25) is 5.91 Å². The van der Waals surface area contributed by atoms with Crippen molar-refractivity contribution in [2.75, 3.05) is 10.6 Å². The third kappa shape index (κ3) is 4.27. The maximum atomic E-state index is 13.5. The van der Waals surface area contributed by atoms with Gasteiger partial charge in [0.1, 0.15) is 11.6 Å². The summed E-state index contributed by atoms with van der Waals surface area (Å²) in [7, 11) is 0. The lowest BCUT2D eigenvalue weighted by Gasteiger charge is -2.09. The van der Waals surface area contributed by atoms with Gasteiger partial charge in [-0.1, -0.05) is 32.0 Å². The molecule has 2 N–H and O–H groups in total. The molecule has 4 nitrogen and oxygen atoms in total. The van der Waals surface area contributed by atoms with Crippen LogP contribution in [0.2, 0.25) is 0 Å². The van der Waals surface area contributed by atoms with Gasteiger partial charge in [-0.15, -0.1) is 0 Å². The molecule has 110 valence electrons. The normalized spacial score (nSPS) is 10.5. The summed E-state index contributed by atoms with van der Waals surface area (Å²) in [6, 6.07) is 10.1. The van der Waals surface area contributed by atoms with E-state index in [1.165, 1.54) is 6.07 Å². The Hall–Kier alpha value is -2.43. The van der Waals surface area contributed by atoms with Crippen LogP contribution in [0, 0.1) is 11.7 Å². The Morgan fingerprint density at radius 2 is 2.00 bits per heavy atom. The molecule has 0 spiro atoms. The second-order valence-electron chi connectivity index (χ2n) is 5.02. The van der Waals surface area contributed by atoms with E-state index in [4.69, 9.17) is 0 Å². The van der Waals surface area contributed by atoms with Gasteiger partial charge in [-0.25, -0.2) is 9.37 Å². The van der Waals surface area contributed by atoms with E-state index in [0.717, 1.165) is 0 Å². The second-order valence-corrected chi connectivity index (χ2v) is 5.02. The number of benzene rings is 1. The van der Waals surface area contributed by atoms with Gasteiger partial charge in [0.15, 0.2) is 0 Å². The number of rotatable bonds is 5. The van der Waals surface area contributed by atoms with Crippen LogP contribution in [-0.4, -0.2) is 10.9 Å². The minimum Gasteiger partial charge on any atom is -0.366 e. The van der Waals surface area contributed by atoms with Crippen molar-refractivity contribution in [1.82, 2.24) is 4.98 Å². The number of amides is 1. The molecule has 1 aromatic heterocycles. The molecule has 0 aliphatic heterocycles. The Balaban J connectivity index is 1.94. The number of nitrogens with zero attached hydrogens (tertiary/aromatic N) is 1. The fraction of sp³-hybridized carbons (Fsp3) is 0.250. The number of pyridine rings is 1. The highest BCUT2D eigenvalue weighted by atomic mass is 19.1. The Labute approximate surface area is 123 Å². The molecule has 0 radical (unpaired) electrons. The van der Waals surface area contributed by atoms with Crippen molar-refractivity contribution in [2.45, 2.75) is 20.4 Å². The Bertz CT molecular complexity index is 611. The lowest BCUT2D eigenvalue weighted by molar-refractivity contribution is -0.118. The number of nitrogens with one attached hydrogen (secondary N) is 2. The average molecular weight is 287 g/mol. The van der Waals surface area contributed by atoms with Crippen LogP contribution < -0.4 is 10.6 Å². The van der Waals surface area contributed by atoms with Crippen molar-refractivity contribution < 1.29 is 9.18 Å². The number of halogens is 1. The van der Waals surface area contributed by atoms with E-state index in [1.807, 2.05) is 13.8 Å². The van der Waals surface area contributed by atoms with Gasteiger partial charge in [0.25, 0.3) is 0 Å². The maximum Gasteiger partial charge on any atom is 0.226 e. The Morgan fingerprint density at radius 3 is 2.62 bits per heavy atom. The fourth-order valence-corrected chi connectivity index (χ4v) is 1.69. The van der Waals surface area contributed by atoms with E-state index in [0.29, 0.717) is 23.6 Å². The minimum absolute atomic E-state index is 0.0520. The summed E-state index contributed by atoms with van der Waals surface area (Å²) in [4.78, 5) is 15.7. The maximum absolute atomic E-state index is 13.5. The molecule has 0 fully saturated rings. The predicted molar refractivity (Wildman–Crippen MR) is 81.4 cm³/mol. The molecule has 0 bridgehead atoms. The SMILES string of the molecule is CC(C)C(=O)Nc1ccc(NCc2ccccc2F)nc1. The zero-order chi connectivity index (χ0) is 15.2. The summed E-state index contributed by atoms with van der Waals surface area (Å²) < 4.78 is 13.5. The number of anilines is 2. The van der Waals surface area contributed by atoms with Crippen molar-refractivity contribution in [2.24, 2.45) is 5.92 Å². The Kier molecular flexibility index (Phi) is 4.87. The van der Waals surface area contributed by atoms with Gasteiger partial charge < -0.3 is 10.6 Å². The molecule has 0 saturated heterocycles. The first-order valence-corrected chi connectivity index (χ1v) is 6.80. The smallest absolute Gasteiger partial charge is 0.226 e. The largest absolute Gasteiger partial charge is 0.366 e. The van der Waals surface area contributed by atoms with Crippen LogP contribution in [-0.2, 0) is 11.3 Å². The summed E-state index contributed by atoms with van der Waals surface area (Å²) in [5, 5.41) is 5.80. The zero-order valence-electron chi connectivity index (χ0n) is 12.1. The van der Waals surface area contributed by atoms with Gasteiger partial charge in [-0.05, 0) is 18.2 Å². The minimum atomic E-state index is -0.245. The molecule has 1 amide bonds. The van der Waals surface area contributed by atoms with E-state index in [-0.39, 0.29) is 17.6 Å². The van der Waals surface area contributed by atoms with E-state index in [2.05, 4.69) is 15.6 Å². The van der Waals surface area contributed by atoms with Gasteiger partial charge in [0, 0.05) is 18.0 Å². The molecular weight excluding hydrogens is 269 g/mol. The van der Waals surface area contributed by atoms with Crippen LogP contribution >= 0.6 is 0 Å². The number of carbonyl (C=O) groups is 1. The summed E-state index contributed by atoms with van der Waals surface area (Å²) in [5.74, 6) is 0.249. The van der Waals surface area contributed by atoms with Crippen LogP contribution in [0.25, 0.3) is 0 Å². The van der Waals surface area contributed by atoms with E-state index < -0.39 is 0 Å². The molecule has 5 heteroatoms.